The molecular formula is C17H17NO2. The van der Waals surface area contributed by atoms with Crippen LogP contribution in [0.15, 0.2) is 54.6 Å². The number of hydrogen-bond donors (Lipinski definition) is 1. The van der Waals surface area contributed by atoms with E-state index in [9.17, 15) is 4.79 Å². The number of rotatable bonds is 4. The number of nitrogens with one attached hydrogen (secondary N) is 1. The van der Waals surface area contributed by atoms with E-state index in [1.807, 2.05) is 61.5 Å². The Morgan fingerprint density at radius 3 is 2.35 bits per heavy atom. The number of benzene rings is 2. The monoisotopic (exact) mass is 267 g/mol. The maximum atomic E-state index is 11.1. The van der Waals surface area contributed by atoms with Crippen LogP contribution >= 0.6 is 0 Å². The van der Waals surface area contributed by atoms with Gasteiger partial charge < -0.3 is 10.1 Å². The predicted octanol–water partition coefficient (Wildman–Crippen LogP) is 3.00. The van der Waals surface area contributed by atoms with Crippen LogP contribution in [0.1, 0.15) is 24.5 Å². The number of ether oxygens (including phenoxy) is 1. The Kier molecular flexibility index (Phi) is 3.18. The zero-order valence-electron chi connectivity index (χ0n) is 11.4. The fraction of sp³-hybridized carbons (Fsp3) is 0.235. The lowest BCUT2D eigenvalue weighted by atomic mass is 9.82. The van der Waals surface area contributed by atoms with Gasteiger partial charge in [0.15, 0.2) is 0 Å². The number of carbonyl (C=O) groups is 1. The minimum Gasteiger partial charge on any atom is -0.489 e. The first-order chi connectivity index (χ1) is 9.66. The zero-order chi connectivity index (χ0) is 14.0. The summed E-state index contributed by atoms with van der Waals surface area (Å²) in [5.74, 6) is 0.948. The summed E-state index contributed by atoms with van der Waals surface area (Å²) in [6.07, 6.45) is 0.553. The topological polar surface area (TPSA) is 38.3 Å². The van der Waals surface area contributed by atoms with Gasteiger partial charge in [-0.05, 0) is 30.2 Å². The molecular weight excluding hydrogens is 250 g/mol. The summed E-state index contributed by atoms with van der Waals surface area (Å²) in [5.41, 5.74) is 2.05. The Labute approximate surface area is 118 Å². The van der Waals surface area contributed by atoms with Gasteiger partial charge in [0.1, 0.15) is 12.4 Å². The van der Waals surface area contributed by atoms with E-state index in [2.05, 4.69) is 5.32 Å². The molecule has 1 atom stereocenters. The largest absolute Gasteiger partial charge is 0.489 e. The molecule has 0 aromatic heterocycles. The Hall–Kier alpha value is -2.29. The third-order valence-corrected chi connectivity index (χ3v) is 3.67. The van der Waals surface area contributed by atoms with E-state index in [0.29, 0.717) is 13.0 Å². The zero-order valence-corrected chi connectivity index (χ0v) is 11.4. The number of carbonyl (C=O) groups excluding carboxylic acids is 1. The summed E-state index contributed by atoms with van der Waals surface area (Å²) in [6, 6.07) is 18.0. The normalized spacial score (nSPS) is 20.9. The minimum atomic E-state index is -0.213. The highest BCUT2D eigenvalue weighted by atomic mass is 16.5. The van der Waals surface area contributed by atoms with Gasteiger partial charge in [0.05, 0.1) is 12.0 Å². The average molecular weight is 267 g/mol. The van der Waals surface area contributed by atoms with Gasteiger partial charge >= 0.3 is 0 Å². The highest BCUT2D eigenvalue weighted by Gasteiger charge is 2.39. The molecule has 1 saturated heterocycles. The van der Waals surface area contributed by atoms with Crippen molar-refractivity contribution in [2.75, 3.05) is 0 Å². The molecule has 3 heteroatoms. The molecule has 1 heterocycles. The molecule has 0 aliphatic carbocycles. The molecule has 3 nitrogen and oxygen atoms in total. The quantitative estimate of drug-likeness (QED) is 0.865. The molecule has 0 spiro atoms. The molecule has 0 saturated carbocycles. The number of β-lactam (4-membered cyclic amide) rings is 1. The first kappa shape index (κ1) is 12.7. The molecule has 1 aliphatic rings. The van der Waals surface area contributed by atoms with E-state index in [1.54, 1.807) is 0 Å². The Bertz CT molecular complexity index is 597. The molecule has 1 N–H and O–H groups in total. The molecule has 3 rings (SSSR count). The van der Waals surface area contributed by atoms with Crippen LogP contribution in [0.5, 0.6) is 5.75 Å². The van der Waals surface area contributed by atoms with Gasteiger partial charge in [-0.3, -0.25) is 4.79 Å². The highest BCUT2D eigenvalue weighted by molar-refractivity contribution is 5.85. The maximum absolute atomic E-state index is 11.1. The van der Waals surface area contributed by atoms with Crippen molar-refractivity contribution >= 4 is 5.91 Å². The summed E-state index contributed by atoms with van der Waals surface area (Å²) >= 11 is 0. The lowest BCUT2D eigenvalue weighted by molar-refractivity contribution is -0.132. The lowest BCUT2D eigenvalue weighted by Gasteiger charge is -2.39. The van der Waals surface area contributed by atoms with Crippen LogP contribution in [-0.2, 0) is 16.9 Å². The Morgan fingerprint density at radius 1 is 1.10 bits per heavy atom. The maximum Gasteiger partial charge on any atom is 0.223 e. The van der Waals surface area contributed by atoms with E-state index in [0.717, 1.165) is 16.9 Å². The van der Waals surface area contributed by atoms with Gasteiger partial charge in [0.25, 0.3) is 0 Å². The fourth-order valence-electron chi connectivity index (χ4n) is 2.44. The van der Waals surface area contributed by atoms with Gasteiger partial charge in [-0.1, -0.05) is 42.5 Å². The number of amides is 1. The van der Waals surface area contributed by atoms with Crippen molar-refractivity contribution in [2.45, 2.75) is 25.5 Å². The molecule has 102 valence electrons. The van der Waals surface area contributed by atoms with E-state index in [1.165, 1.54) is 0 Å². The van der Waals surface area contributed by atoms with Crippen LogP contribution in [0.25, 0.3) is 0 Å². The van der Waals surface area contributed by atoms with Gasteiger partial charge in [-0.2, -0.15) is 0 Å². The Balaban J connectivity index is 1.63. The standard InChI is InChI=1S/C17H17NO2/c1-17(11-16(19)18-17)14-7-9-15(10-8-14)20-12-13-5-3-2-4-6-13/h2-10H,11-12H2,1H3,(H,18,19). The third-order valence-electron chi connectivity index (χ3n) is 3.67. The van der Waals surface area contributed by atoms with E-state index < -0.39 is 0 Å². The molecule has 1 amide bonds. The van der Waals surface area contributed by atoms with Crippen molar-refractivity contribution < 1.29 is 9.53 Å². The van der Waals surface area contributed by atoms with Gasteiger partial charge in [-0.25, -0.2) is 0 Å². The average Bonchev–Trinajstić information content (AvgIpc) is 2.45. The first-order valence-electron chi connectivity index (χ1n) is 6.74. The fourth-order valence-corrected chi connectivity index (χ4v) is 2.44. The molecule has 2 aromatic rings. The van der Waals surface area contributed by atoms with Crippen LogP contribution in [0.3, 0.4) is 0 Å². The second kappa shape index (κ2) is 5.00. The Morgan fingerprint density at radius 2 is 1.75 bits per heavy atom. The molecule has 20 heavy (non-hydrogen) atoms. The third kappa shape index (κ3) is 2.52. The first-order valence-corrected chi connectivity index (χ1v) is 6.74. The molecule has 1 unspecified atom stereocenters. The summed E-state index contributed by atoms with van der Waals surface area (Å²) in [7, 11) is 0. The van der Waals surface area contributed by atoms with Gasteiger partial charge in [-0.15, -0.1) is 0 Å². The molecule has 0 bridgehead atoms. The van der Waals surface area contributed by atoms with Crippen molar-refractivity contribution in [1.82, 2.24) is 5.32 Å². The second-order valence-electron chi connectivity index (χ2n) is 5.36. The van der Waals surface area contributed by atoms with Gasteiger partial charge in [0, 0.05) is 0 Å². The van der Waals surface area contributed by atoms with E-state index in [4.69, 9.17) is 4.74 Å². The van der Waals surface area contributed by atoms with Crippen LogP contribution in [0.2, 0.25) is 0 Å². The van der Waals surface area contributed by atoms with Crippen LogP contribution in [-0.4, -0.2) is 5.91 Å². The summed E-state index contributed by atoms with van der Waals surface area (Å²) in [6.45, 7) is 2.60. The van der Waals surface area contributed by atoms with Crippen molar-refractivity contribution in [2.24, 2.45) is 0 Å². The molecule has 1 fully saturated rings. The smallest absolute Gasteiger partial charge is 0.223 e. The summed E-state index contributed by atoms with van der Waals surface area (Å²) in [5, 5.41) is 2.93. The van der Waals surface area contributed by atoms with Gasteiger partial charge in [0.2, 0.25) is 5.91 Å². The van der Waals surface area contributed by atoms with Crippen LogP contribution in [0, 0.1) is 0 Å². The van der Waals surface area contributed by atoms with Crippen molar-refractivity contribution in [3.63, 3.8) is 0 Å². The van der Waals surface area contributed by atoms with Crippen LogP contribution < -0.4 is 10.1 Å². The highest BCUT2D eigenvalue weighted by Crippen LogP contribution is 2.32. The second-order valence-corrected chi connectivity index (χ2v) is 5.36. The van der Waals surface area contributed by atoms with Crippen molar-refractivity contribution in [3.8, 4) is 5.75 Å². The predicted molar refractivity (Wildman–Crippen MR) is 77.3 cm³/mol. The lowest BCUT2D eigenvalue weighted by Crippen LogP contribution is -2.56. The van der Waals surface area contributed by atoms with E-state index in [-0.39, 0.29) is 11.4 Å². The van der Waals surface area contributed by atoms with Crippen molar-refractivity contribution in [1.29, 1.82) is 0 Å². The summed E-state index contributed by atoms with van der Waals surface area (Å²) in [4.78, 5) is 11.1. The SMILES string of the molecule is CC1(c2ccc(OCc3ccccc3)cc2)CC(=O)N1. The van der Waals surface area contributed by atoms with Crippen molar-refractivity contribution in [3.05, 3.63) is 65.7 Å². The van der Waals surface area contributed by atoms with E-state index >= 15 is 0 Å². The molecule has 1 aliphatic heterocycles. The summed E-state index contributed by atoms with van der Waals surface area (Å²) < 4.78 is 5.75. The molecule has 2 aromatic carbocycles. The minimum absolute atomic E-state index is 0.108. The van der Waals surface area contributed by atoms with Crippen LogP contribution in [0.4, 0.5) is 0 Å². The number of hydrogen-bond acceptors (Lipinski definition) is 2. The molecule has 0 radical (unpaired) electrons.